The van der Waals surface area contributed by atoms with Gasteiger partial charge in [0.15, 0.2) is 17.5 Å². The predicted molar refractivity (Wildman–Crippen MR) is 67.7 cm³/mol. The van der Waals surface area contributed by atoms with Crippen LogP contribution in [0.1, 0.15) is 15.9 Å². The Balaban J connectivity index is 2.44. The third-order valence-corrected chi connectivity index (χ3v) is 2.67. The summed E-state index contributed by atoms with van der Waals surface area (Å²) in [5.41, 5.74) is 0.804. The number of hydrogen-bond acceptors (Lipinski definition) is 2. The SMILES string of the molecule is Cc1ccc(C(=O)O)c(Nc2cc(F)c(F)c(F)c2)c1. The smallest absolute Gasteiger partial charge is 0.337 e. The van der Waals surface area contributed by atoms with Gasteiger partial charge in [0.2, 0.25) is 0 Å². The standard InChI is InChI=1S/C14H10F3NO2/c1-7-2-3-9(14(19)20)12(4-7)18-8-5-10(15)13(17)11(16)6-8/h2-6,18H,1H3,(H,19,20). The molecule has 0 aliphatic heterocycles. The number of anilines is 2. The van der Waals surface area contributed by atoms with Crippen LogP contribution in [0.25, 0.3) is 0 Å². The van der Waals surface area contributed by atoms with Crippen molar-refractivity contribution in [1.82, 2.24) is 0 Å². The molecule has 0 saturated carbocycles. The van der Waals surface area contributed by atoms with Crippen molar-refractivity contribution in [2.24, 2.45) is 0 Å². The molecule has 0 aliphatic carbocycles. The van der Waals surface area contributed by atoms with Crippen LogP contribution in [0.3, 0.4) is 0 Å². The van der Waals surface area contributed by atoms with E-state index in [0.717, 1.165) is 17.7 Å². The molecule has 0 atom stereocenters. The molecule has 3 nitrogen and oxygen atoms in total. The van der Waals surface area contributed by atoms with Crippen LogP contribution in [-0.2, 0) is 0 Å². The second-order valence-electron chi connectivity index (χ2n) is 4.23. The summed E-state index contributed by atoms with van der Waals surface area (Å²) in [6, 6.07) is 6.00. The largest absolute Gasteiger partial charge is 0.478 e. The van der Waals surface area contributed by atoms with Gasteiger partial charge >= 0.3 is 5.97 Å². The molecule has 6 heteroatoms. The number of rotatable bonds is 3. The zero-order chi connectivity index (χ0) is 14.9. The lowest BCUT2D eigenvalue weighted by atomic mass is 10.1. The van der Waals surface area contributed by atoms with Crippen molar-refractivity contribution >= 4 is 17.3 Å². The minimum Gasteiger partial charge on any atom is -0.478 e. The van der Waals surface area contributed by atoms with E-state index in [1.54, 1.807) is 13.0 Å². The van der Waals surface area contributed by atoms with E-state index in [2.05, 4.69) is 5.32 Å². The predicted octanol–water partition coefficient (Wildman–Crippen LogP) is 3.85. The summed E-state index contributed by atoms with van der Waals surface area (Å²) in [5.74, 6) is -5.46. The van der Waals surface area contributed by atoms with Crippen LogP contribution in [0, 0.1) is 24.4 Å². The monoisotopic (exact) mass is 281 g/mol. The van der Waals surface area contributed by atoms with Gasteiger partial charge in [-0.05, 0) is 24.6 Å². The maximum absolute atomic E-state index is 13.1. The number of nitrogens with one attached hydrogen (secondary N) is 1. The zero-order valence-corrected chi connectivity index (χ0v) is 10.4. The summed E-state index contributed by atoms with van der Waals surface area (Å²) in [4.78, 5) is 11.1. The molecule has 0 amide bonds. The number of carboxylic acid groups (broad SMARTS) is 1. The minimum atomic E-state index is -1.57. The Labute approximate surface area is 112 Å². The molecular weight excluding hydrogens is 271 g/mol. The molecule has 0 heterocycles. The Morgan fingerprint density at radius 3 is 2.25 bits per heavy atom. The quantitative estimate of drug-likeness (QED) is 0.840. The van der Waals surface area contributed by atoms with Crippen LogP contribution in [0.2, 0.25) is 0 Å². The number of halogens is 3. The van der Waals surface area contributed by atoms with Crippen LogP contribution >= 0.6 is 0 Å². The highest BCUT2D eigenvalue weighted by Crippen LogP contribution is 2.25. The van der Waals surface area contributed by atoms with Gasteiger partial charge in [0, 0.05) is 17.8 Å². The van der Waals surface area contributed by atoms with Crippen molar-refractivity contribution in [2.45, 2.75) is 6.92 Å². The van der Waals surface area contributed by atoms with E-state index in [-0.39, 0.29) is 16.9 Å². The summed E-state index contributed by atoms with van der Waals surface area (Å²) in [6.45, 7) is 1.74. The Hall–Kier alpha value is -2.50. The van der Waals surface area contributed by atoms with Crippen molar-refractivity contribution in [3.63, 3.8) is 0 Å². The molecule has 0 radical (unpaired) electrons. The fraction of sp³-hybridized carbons (Fsp3) is 0.0714. The van der Waals surface area contributed by atoms with Crippen LogP contribution < -0.4 is 5.32 Å². The molecule has 0 spiro atoms. The first-order valence-electron chi connectivity index (χ1n) is 5.64. The number of benzene rings is 2. The number of hydrogen-bond donors (Lipinski definition) is 2. The lowest BCUT2D eigenvalue weighted by molar-refractivity contribution is 0.0698. The van der Waals surface area contributed by atoms with E-state index in [9.17, 15) is 18.0 Å². The first-order valence-corrected chi connectivity index (χ1v) is 5.64. The molecule has 0 fully saturated rings. The van der Waals surface area contributed by atoms with E-state index in [0.29, 0.717) is 0 Å². The lowest BCUT2D eigenvalue weighted by Gasteiger charge is -2.11. The highest BCUT2D eigenvalue weighted by molar-refractivity contribution is 5.95. The molecule has 2 aromatic rings. The lowest BCUT2D eigenvalue weighted by Crippen LogP contribution is -2.04. The van der Waals surface area contributed by atoms with Gasteiger partial charge in [-0.2, -0.15) is 0 Å². The van der Waals surface area contributed by atoms with Gasteiger partial charge in [0.25, 0.3) is 0 Å². The third-order valence-electron chi connectivity index (χ3n) is 2.67. The average Bonchev–Trinajstić information content (AvgIpc) is 2.35. The Kier molecular flexibility index (Phi) is 3.65. The van der Waals surface area contributed by atoms with Crippen LogP contribution in [0.4, 0.5) is 24.5 Å². The second-order valence-corrected chi connectivity index (χ2v) is 4.23. The van der Waals surface area contributed by atoms with Crippen molar-refractivity contribution in [3.05, 3.63) is 58.9 Å². The first kappa shape index (κ1) is 13.9. The molecule has 2 rings (SSSR count). The Morgan fingerprint density at radius 2 is 1.70 bits per heavy atom. The van der Waals surface area contributed by atoms with E-state index in [4.69, 9.17) is 5.11 Å². The molecule has 20 heavy (non-hydrogen) atoms. The van der Waals surface area contributed by atoms with E-state index >= 15 is 0 Å². The highest BCUT2D eigenvalue weighted by atomic mass is 19.2. The summed E-state index contributed by atoms with van der Waals surface area (Å²) < 4.78 is 39.1. The molecular formula is C14H10F3NO2. The van der Waals surface area contributed by atoms with Crippen LogP contribution in [0.5, 0.6) is 0 Å². The van der Waals surface area contributed by atoms with Gasteiger partial charge in [0.05, 0.1) is 11.3 Å². The average molecular weight is 281 g/mol. The van der Waals surface area contributed by atoms with Gasteiger partial charge in [-0.15, -0.1) is 0 Å². The summed E-state index contributed by atoms with van der Waals surface area (Å²) in [7, 11) is 0. The molecule has 0 bridgehead atoms. The molecule has 104 valence electrons. The maximum Gasteiger partial charge on any atom is 0.337 e. The number of carbonyl (C=O) groups is 1. The molecule has 0 unspecified atom stereocenters. The van der Waals surface area contributed by atoms with Gasteiger partial charge in [-0.3, -0.25) is 0 Å². The van der Waals surface area contributed by atoms with Crippen molar-refractivity contribution in [1.29, 1.82) is 0 Å². The molecule has 0 aliphatic rings. The fourth-order valence-electron chi connectivity index (χ4n) is 1.73. The van der Waals surface area contributed by atoms with Crippen LogP contribution in [0.15, 0.2) is 30.3 Å². The fourth-order valence-corrected chi connectivity index (χ4v) is 1.73. The molecule has 0 aromatic heterocycles. The molecule has 0 saturated heterocycles. The van der Waals surface area contributed by atoms with Gasteiger partial charge in [-0.25, -0.2) is 18.0 Å². The third kappa shape index (κ3) is 2.74. The molecule has 2 aromatic carbocycles. The summed E-state index contributed by atoms with van der Waals surface area (Å²) in [5, 5.41) is 11.6. The topological polar surface area (TPSA) is 49.3 Å². The normalized spacial score (nSPS) is 10.4. The van der Waals surface area contributed by atoms with Crippen LogP contribution in [-0.4, -0.2) is 11.1 Å². The second kappa shape index (κ2) is 5.24. The number of aryl methyl sites for hydroxylation is 1. The maximum atomic E-state index is 13.1. The number of carboxylic acids is 1. The zero-order valence-electron chi connectivity index (χ0n) is 10.4. The van der Waals surface area contributed by atoms with Gasteiger partial charge in [0.1, 0.15) is 0 Å². The van der Waals surface area contributed by atoms with E-state index in [1.807, 2.05) is 0 Å². The number of aromatic carboxylic acids is 1. The van der Waals surface area contributed by atoms with Gasteiger partial charge < -0.3 is 10.4 Å². The van der Waals surface area contributed by atoms with Crippen molar-refractivity contribution in [2.75, 3.05) is 5.32 Å². The van der Waals surface area contributed by atoms with E-state index < -0.39 is 23.4 Å². The Bertz CT molecular complexity index is 663. The van der Waals surface area contributed by atoms with Gasteiger partial charge in [-0.1, -0.05) is 6.07 Å². The van der Waals surface area contributed by atoms with Crippen molar-refractivity contribution < 1.29 is 23.1 Å². The highest BCUT2D eigenvalue weighted by Gasteiger charge is 2.14. The minimum absolute atomic E-state index is 0.0549. The van der Waals surface area contributed by atoms with Crippen molar-refractivity contribution in [3.8, 4) is 0 Å². The summed E-state index contributed by atoms with van der Waals surface area (Å²) in [6.07, 6.45) is 0. The first-order chi connectivity index (χ1) is 9.38. The Morgan fingerprint density at radius 1 is 1.10 bits per heavy atom. The van der Waals surface area contributed by atoms with E-state index in [1.165, 1.54) is 12.1 Å². The summed E-state index contributed by atoms with van der Waals surface area (Å²) >= 11 is 0. The molecule has 2 N–H and O–H groups in total.